The molecule has 0 aliphatic heterocycles. The molecule has 33 heavy (non-hydrogen) atoms. The molecule has 11 nitrogen and oxygen atoms in total. The lowest BCUT2D eigenvalue weighted by molar-refractivity contribution is -0.0345. The SMILES string of the molecule is Nc1ccc(C(=O)C(O)(COCCOCCOCCO)C(=O)c2ccc(N)cc2N)c(N)c1. The zero-order chi connectivity index (χ0) is 24.4. The fourth-order valence-electron chi connectivity index (χ4n) is 2.98. The molecule has 2 aromatic rings. The van der Waals surface area contributed by atoms with Crippen molar-refractivity contribution in [1.82, 2.24) is 0 Å². The number of Topliss-reactive ketones (excluding diaryl/α,β-unsaturated/α-hetero) is 2. The van der Waals surface area contributed by atoms with Crippen molar-refractivity contribution in [3.8, 4) is 0 Å². The van der Waals surface area contributed by atoms with E-state index >= 15 is 0 Å². The topological polar surface area (TPSA) is 206 Å². The van der Waals surface area contributed by atoms with Crippen molar-refractivity contribution >= 4 is 34.3 Å². The van der Waals surface area contributed by atoms with Crippen molar-refractivity contribution < 1.29 is 34.0 Å². The highest BCUT2D eigenvalue weighted by Gasteiger charge is 2.46. The third-order valence-corrected chi connectivity index (χ3v) is 4.68. The molecule has 0 heterocycles. The van der Waals surface area contributed by atoms with Gasteiger partial charge in [-0.05, 0) is 36.4 Å². The number of anilines is 4. The monoisotopic (exact) mass is 462 g/mol. The maximum atomic E-state index is 13.3. The van der Waals surface area contributed by atoms with E-state index in [9.17, 15) is 14.7 Å². The van der Waals surface area contributed by atoms with Crippen LogP contribution < -0.4 is 22.9 Å². The van der Waals surface area contributed by atoms with Crippen molar-refractivity contribution in [2.75, 3.05) is 69.2 Å². The lowest BCUT2D eigenvalue weighted by atomic mass is 9.85. The highest BCUT2D eigenvalue weighted by Crippen LogP contribution is 2.27. The first kappa shape index (κ1) is 26.0. The summed E-state index contributed by atoms with van der Waals surface area (Å²) < 4.78 is 15.8. The summed E-state index contributed by atoms with van der Waals surface area (Å²) in [6.45, 7) is 0.110. The second kappa shape index (κ2) is 12.1. The number of benzene rings is 2. The zero-order valence-electron chi connectivity index (χ0n) is 18.2. The van der Waals surface area contributed by atoms with Crippen LogP contribution in [-0.4, -0.2) is 73.6 Å². The number of ether oxygens (including phenoxy) is 3. The van der Waals surface area contributed by atoms with Gasteiger partial charge in [-0.15, -0.1) is 0 Å². The summed E-state index contributed by atoms with van der Waals surface area (Å²) in [5.74, 6) is -1.92. The van der Waals surface area contributed by atoms with Gasteiger partial charge in [-0.2, -0.15) is 0 Å². The van der Waals surface area contributed by atoms with E-state index in [1.807, 2.05) is 0 Å². The van der Waals surface area contributed by atoms with Gasteiger partial charge in [-0.25, -0.2) is 0 Å². The van der Waals surface area contributed by atoms with Crippen LogP contribution in [-0.2, 0) is 14.2 Å². The molecule has 0 atom stereocenters. The van der Waals surface area contributed by atoms with Crippen LogP contribution in [0.5, 0.6) is 0 Å². The second-order valence-corrected chi connectivity index (χ2v) is 7.21. The van der Waals surface area contributed by atoms with Crippen LogP contribution >= 0.6 is 0 Å². The number of nitrogen functional groups attached to an aromatic ring is 4. The first-order chi connectivity index (χ1) is 15.7. The Hall–Kier alpha value is -3.22. The Labute approximate surface area is 191 Å². The number of hydrogen-bond acceptors (Lipinski definition) is 11. The number of nitrogens with two attached hydrogens (primary N) is 4. The van der Waals surface area contributed by atoms with Crippen molar-refractivity contribution in [3.05, 3.63) is 47.5 Å². The zero-order valence-corrected chi connectivity index (χ0v) is 18.2. The standard InChI is InChI=1S/C22H30N4O7/c23-14-1-3-16(18(25)11-14)20(28)22(30,13-33-10-9-32-8-7-31-6-5-27)21(29)17-4-2-15(24)12-19(17)26/h1-4,11-12,27,30H,5-10,13,23-26H2. The third-order valence-electron chi connectivity index (χ3n) is 4.68. The van der Waals surface area contributed by atoms with Gasteiger partial charge in [-0.3, -0.25) is 9.59 Å². The Morgan fingerprint density at radius 3 is 1.58 bits per heavy atom. The maximum Gasteiger partial charge on any atom is 0.214 e. The minimum absolute atomic E-state index is 0.00251. The number of carbonyl (C=O) groups is 2. The van der Waals surface area contributed by atoms with Crippen LogP contribution in [0.4, 0.5) is 22.7 Å². The Kier molecular flexibility index (Phi) is 9.57. The van der Waals surface area contributed by atoms with Gasteiger partial charge in [0, 0.05) is 33.9 Å². The van der Waals surface area contributed by atoms with Crippen molar-refractivity contribution in [2.45, 2.75) is 5.60 Å². The molecule has 0 saturated carbocycles. The van der Waals surface area contributed by atoms with Crippen LogP contribution in [0.2, 0.25) is 0 Å². The lowest BCUT2D eigenvalue weighted by Crippen LogP contribution is -2.51. The van der Waals surface area contributed by atoms with Crippen LogP contribution in [0, 0.1) is 0 Å². The largest absolute Gasteiger partial charge is 0.399 e. The minimum Gasteiger partial charge on any atom is -0.399 e. The number of rotatable bonds is 14. The molecule has 0 unspecified atom stereocenters. The summed E-state index contributed by atoms with van der Waals surface area (Å²) >= 11 is 0. The lowest BCUT2D eigenvalue weighted by Gasteiger charge is -2.26. The molecular formula is C22H30N4O7. The molecule has 0 aliphatic carbocycles. The van der Waals surface area contributed by atoms with Gasteiger partial charge in [0.05, 0.1) is 46.2 Å². The number of hydrogen-bond donors (Lipinski definition) is 6. The molecule has 0 radical (unpaired) electrons. The highest BCUT2D eigenvalue weighted by molar-refractivity contribution is 6.25. The molecule has 11 heteroatoms. The van der Waals surface area contributed by atoms with Crippen molar-refractivity contribution in [3.63, 3.8) is 0 Å². The van der Waals surface area contributed by atoms with E-state index in [4.69, 9.17) is 42.3 Å². The van der Waals surface area contributed by atoms with Crippen molar-refractivity contribution in [2.24, 2.45) is 0 Å². The molecule has 180 valence electrons. The van der Waals surface area contributed by atoms with E-state index in [2.05, 4.69) is 0 Å². The average molecular weight is 463 g/mol. The molecule has 0 aromatic heterocycles. The second-order valence-electron chi connectivity index (χ2n) is 7.21. The highest BCUT2D eigenvalue weighted by atomic mass is 16.5. The quantitative estimate of drug-likeness (QED) is 0.0942. The number of aliphatic hydroxyl groups excluding tert-OH is 1. The van der Waals surface area contributed by atoms with Gasteiger partial charge in [0.25, 0.3) is 0 Å². The predicted molar refractivity (Wildman–Crippen MR) is 124 cm³/mol. The summed E-state index contributed by atoms with van der Waals surface area (Å²) in [6.07, 6.45) is 0. The van der Waals surface area contributed by atoms with E-state index in [0.717, 1.165) is 0 Å². The molecule has 0 saturated heterocycles. The Morgan fingerprint density at radius 1 is 0.727 bits per heavy atom. The molecule has 0 aliphatic rings. The first-order valence-electron chi connectivity index (χ1n) is 10.2. The van der Waals surface area contributed by atoms with E-state index in [-0.39, 0.29) is 62.1 Å². The van der Waals surface area contributed by atoms with Crippen molar-refractivity contribution in [1.29, 1.82) is 0 Å². The molecule has 0 bridgehead atoms. The number of aliphatic hydroxyl groups is 2. The van der Waals surface area contributed by atoms with Gasteiger partial charge in [0.1, 0.15) is 0 Å². The maximum absolute atomic E-state index is 13.3. The normalized spacial score (nSPS) is 11.5. The smallest absolute Gasteiger partial charge is 0.214 e. The fraction of sp³-hybridized carbons (Fsp3) is 0.364. The van der Waals surface area contributed by atoms with Gasteiger partial charge in [0.2, 0.25) is 17.2 Å². The molecule has 10 N–H and O–H groups in total. The summed E-state index contributed by atoms with van der Waals surface area (Å²) in [4.78, 5) is 26.5. The van der Waals surface area contributed by atoms with E-state index in [1.54, 1.807) is 0 Å². The molecule has 2 rings (SSSR count). The average Bonchev–Trinajstić information content (AvgIpc) is 2.77. The number of ketones is 2. The Morgan fingerprint density at radius 2 is 1.15 bits per heavy atom. The molecular weight excluding hydrogens is 432 g/mol. The molecule has 2 aromatic carbocycles. The van der Waals surface area contributed by atoms with Gasteiger partial charge in [0.15, 0.2) is 0 Å². The first-order valence-corrected chi connectivity index (χ1v) is 10.2. The van der Waals surface area contributed by atoms with Gasteiger partial charge >= 0.3 is 0 Å². The van der Waals surface area contributed by atoms with Crippen LogP contribution in [0.15, 0.2) is 36.4 Å². The summed E-state index contributed by atoms with van der Waals surface area (Å²) in [5.41, 5.74) is 21.0. The molecule has 0 spiro atoms. The predicted octanol–water partition coefficient (Wildman–Crippen LogP) is -0.146. The van der Waals surface area contributed by atoms with Gasteiger partial charge in [-0.1, -0.05) is 0 Å². The number of carbonyl (C=O) groups excluding carboxylic acids is 2. The van der Waals surface area contributed by atoms with E-state index in [0.29, 0.717) is 11.4 Å². The Balaban J connectivity index is 2.17. The Bertz CT molecular complexity index is 904. The summed E-state index contributed by atoms with van der Waals surface area (Å²) in [7, 11) is 0. The van der Waals surface area contributed by atoms with Crippen LogP contribution in [0.25, 0.3) is 0 Å². The minimum atomic E-state index is -2.61. The van der Waals surface area contributed by atoms with Crippen LogP contribution in [0.3, 0.4) is 0 Å². The molecule has 0 fully saturated rings. The van der Waals surface area contributed by atoms with E-state index < -0.39 is 23.8 Å². The van der Waals surface area contributed by atoms with Crippen LogP contribution in [0.1, 0.15) is 20.7 Å². The van der Waals surface area contributed by atoms with Gasteiger partial charge < -0.3 is 47.4 Å². The fourth-order valence-corrected chi connectivity index (χ4v) is 2.98. The summed E-state index contributed by atoms with van der Waals surface area (Å²) in [5, 5.41) is 19.9. The van der Waals surface area contributed by atoms with E-state index in [1.165, 1.54) is 36.4 Å². The third kappa shape index (κ3) is 6.88. The summed E-state index contributed by atoms with van der Waals surface area (Å²) in [6, 6.07) is 8.21. The molecule has 0 amide bonds.